The first-order valence-electron chi connectivity index (χ1n) is 6.93. The van der Waals surface area contributed by atoms with Crippen LogP contribution in [0.3, 0.4) is 0 Å². The maximum atomic E-state index is 12.0. The third-order valence-corrected chi connectivity index (χ3v) is 3.28. The molecule has 1 amide bonds. The van der Waals surface area contributed by atoms with E-state index in [2.05, 4.69) is 21.5 Å². The van der Waals surface area contributed by atoms with Crippen LogP contribution in [0.4, 0.5) is 11.4 Å². The van der Waals surface area contributed by atoms with Crippen molar-refractivity contribution in [2.75, 3.05) is 5.32 Å². The second-order valence-electron chi connectivity index (χ2n) is 4.66. The van der Waals surface area contributed by atoms with Crippen molar-refractivity contribution >= 4 is 51.9 Å². The Balaban J connectivity index is 1.83. The van der Waals surface area contributed by atoms with Crippen LogP contribution in [0.1, 0.15) is 10.4 Å². The molecule has 0 aromatic heterocycles. The van der Waals surface area contributed by atoms with E-state index in [0.717, 1.165) is 11.8 Å². The van der Waals surface area contributed by atoms with Crippen LogP contribution in [0.15, 0.2) is 54.6 Å². The molecular formula is C15H13N5O3S2. The van der Waals surface area contributed by atoms with Crippen LogP contribution in [0.5, 0.6) is 0 Å². The lowest BCUT2D eigenvalue weighted by Crippen LogP contribution is -2.49. The summed E-state index contributed by atoms with van der Waals surface area (Å²) in [5.74, 6) is -0.579. The molecule has 2 rings (SSSR count). The van der Waals surface area contributed by atoms with Gasteiger partial charge < -0.3 is 5.32 Å². The van der Waals surface area contributed by atoms with E-state index >= 15 is 0 Å². The summed E-state index contributed by atoms with van der Waals surface area (Å²) < 4.78 is 0. The number of non-ortho nitro benzene ring substituents is 1. The summed E-state index contributed by atoms with van der Waals surface area (Å²) in [7, 11) is 0. The molecular weight excluding hydrogens is 362 g/mol. The van der Waals surface area contributed by atoms with Gasteiger partial charge in [-0.05, 0) is 42.6 Å². The van der Waals surface area contributed by atoms with Gasteiger partial charge in [-0.2, -0.15) is 0 Å². The molecule has 128 valence electrons. The Morgan fingerprint density at radius 2 is 1.64 bits per heavy atom. The van der Waals surface area contributed by atoms with Crippen molar-refractivity contribution in [1.29, 1.82) is 0 Å². The van der Waals surface area contributed by atoms with Gasteiger partial charge in [0.15, 0.2) is 10.2 Å². The molecule has 0 fully saturated rings. The molecule has 2 aromatic rings. The number of carbonyl (C=O) groups is 1. The molecule has 0 aliphatic heterocycles. The number of hydrazine groups is 1. The second-order valence-corrected chi connectivity index (χ2v) is 5.48. The number of anilines is 1. The number of hydrogen-bond donors (Lipinski definition) is 4. The highest BCUT2D eigenvalue weighted by molar-refractivity contribution is 7.80. The molecule has 0 unspecified atom stereocenters. The van der Waals surface area contributed by atoms with E-state index in [1.54, 1.807) is 0 Å². The minimum Gasteiger partial charge on any atom is -0.331 e. The summed E-state index contributed by atoms with van der Waals surface area (Å²) in [6.07, 6.45) is 0. The summed E-state index contributed by atoms with van der Waals surface area (Å²) in [5.41, 5.74) is 5.89. The van der Waals surface area contributed by atoms with Crippen molar-refractivity contribution in [1.82, 2.24) is 16.2 Å². The van der Waals surface area contributed by atoms with E-state index in [1.165, 1.54) is 18.2 Å². The zero-order valence-corrected chi connectivity index (χ0v) is 14.3. The van der Waals surface area contributed by atoms with Crippen molar-refractivity contribution in [3.05, 3.63) is 70.3 Å². The maximum absolute atomic E-state index is 12.0. The zero-order valence-electron chi connectivity index (χ0n) is 12.7. The van der Waals surface area contributed by atoms with Crippen molar-refractivity contribution in [2.45, 2.75) is 0 Å². The van der Waals surface area contributed by atoms with Gasteiger partial charge in [0.25, 0.3) is 11.6 Å². The normalized spacial score (nSPS) is 9.60. The second kappa shape index (κ2) is 8.66. The topological polar surface area (TPSA) is 108 Å². The van der Waals surface area contributed by atoms with Gasteiger partial charge in [-0.1, -0.05) is 24.3 Å². The number of nitro groups is 1. The first-order valence-corrected chi connectivity index (χ1v) is 7.75. The van der Waals surface area contributed by atoms with Crippen LogP contribution in [0.2, 0.25) is 0 Å². The summed E-state index contributed by atoms with van der Waals surface area (Å²) in [4.78, 5) is 22.2. The van der Waals surface area contributed by atoms with Gasteiger partial charge in [-0.25, -0.2) is 0 Å². The Bertz CT molecular complexity index is 814. The molecule has 2 aromatic carbocycles. The average molecular weight is 375 g/mol. The fourth-order valence-corrected chi connectivity index (χ4v) is 2.08. The molecule has 4 N–H and O–H groups in total. The number of rotatable bonds is 3. The molecule has 0 atom stereocenters. The minimum atomic E-state index is -0.581. The SMILES string of the molecule is O=C(NC(=S)NNC(=S)Nc1ccccc1)c1cccc([N+](=O)[O-])c1. The molecule has 0 saturated heterocycles. The van der Waals surface area contributed by atoms with Gasteiger partial charge in [-0.3, -0.25) is 31.1 Å². The van der Waals surface area contributed by atoms with Crippen molar-refractivity contribution in [3.63, 3.8) is 0 Å². The molecule has 0 heterocycles. The van der Waals surface area contributed by atoms with E-state index in [-0.39, 0.29) is 21.5 Å². The highest BCUT2D eigenvalue weighted by Crippen LogP contribution is 2.12. The molecule has 25 heavy (non-hydrogen) atoms. The standard InChI is InChI=1S/C15H13N5O3S2/c21-13(10-5-4-8-12(9-10)20(22)23)17-15(25)19-18-14(24)16-11-6-2-1-3-7-11/h1-9H,(H2,16,18,24)(H2,17,19,21,25). The van der Waals surface area contributed by atoms with Gasteiger partial charge >= 0.3 is 0 Å². The Morgan fingerprint density at radius 1 is 0.960 bits per heavy atom. The largest absolute Gasteiger partial charge is 0.331 e. The lowest BCUT2D eigenvalue weighted by atomic mass is 10.2. The maximum Gasteiger partial charge on any atom is 0.270 e. The third-order valence-electron chi connectivity index (χ3n) is 2.87. The highest BCUT2D eigenvalue weighted by atomic mass is 32.1. The number of nitro benzene ring substituents is 1. The van der Waals surface area contributed by atoms with Crippen molar-refractivity contribution < 1.29 is 9.72 Å². The molecule has 8 nitrogen and oxygen atoms in total. The van der Waals surface area contributed by atoms with E-state index in [1.807, 2.05) is 30.3 Å². The van der Waals surface area contributed by atoms with E-state index in [4.69, 9.17) is 24.4 Å². The molecule has 0 radical (unpaired) electrons. The Hall–Kier alpha value is -3.11. The van der Waals surface area contributed by atoms with E-state index < -0.39 is 10.8 Å². The summed E-state index contributed by atoms with van der Waals surface area (Å²) in [6.45, 7) is 0. The van der Waals surface area contributed by atoms with Gasteiger partial charge in [0.05, 0.1) is 4.92 Å². The fraction of sp³-hybridized carbons (Fsp3) is 0. The van der Waals surface area contributed by atoms with Crippen LogP contribution >= 0.6 is 24.4 Å². The summed E-state index contributed by atoms with van der Waals surface area (Å²) >= 11 is 10.0. The predicted octanol–water partition coefficient (Wildman–Crippen LogP) is 2.10. The lowest BCUT2D eigenvalue weighted by molar-refractivity contribution is -0.384. The van der Waals surface area contributed by atoms with Crippen LogP contribution < -0.4 is 21.5 Å². The first-order chi connectivity index (χ1) is 12.0. The smallest absolute Gasteiger partial charge is 0.270 e. The van der Waals surface area contributed by atoms with E-state index in [0.29, 0.717) is 0 Å². The van der Waals surface area contributed by atoms with Crippen LogP contribution in [-0.2, 0) is 0 Å². The van der Waals surface area contributed by atoms with Gasteiger partial charge in [-0.15, -0.1) is 0 Å². The molecule has 0 spiro atoms. The van der Waals surface area contributed by atoms with Gasteiger partial charge in [0.2, 0.25) is 0 Å². The average Bonchev–Trinajstić information content (AvgIpc) is 2.61. The summed E-state index contributed by atoms with van der Waals surface area (Å²) in [6, 6.07) is 14.5. The van der Waals surface area contributed by atoms with E-state index in [9.17, 15) is 14.9 Å². The zero-order chi connectivity index (χ0) is 18.2. The van der Waals surface area contributed by atoms with Crippen molar-refractivity contribution in [3.8, 4) is 0 Å². The Morgan fingerprint density at radius 3 is 2.32 bits per heavy atom. The predicted molar refractivity (Wildman–Crippen MR) is 102 cm³/mol. The quantitative estimate of drug-likeness (QED) is 0.367. The third kappa shape index (κ3) is 5.79. The monoisotopic (exact) mass is 375 g/mol. The van der Waals surface area contributed by atoms with Crippen LogP contribution in [-0.4, -0.2) is 21.1 Å². The fourth-order valence-electron chi connectivity index (χ4n) is 1.76. The summed E-state index contributed by atoms with van der Waals surface area (Å²) in [5, 5.41) is 16.2. The number of nitrogens with zero attached hydrogens (tertiary/aromatic N) is 1. The number of nitrogens with one attached hydrogen (secondary N) is 4. The van der Waals surface area contributed by atoms with Crippen LogP contribution in [0, 0.1) is 10.1 Å². The molecule has 10 heteroatoms. The van der Waals surface area contributed by atoms with Crippen molar-refractivity contribution in [2.24, 2.45) is 0 Å². The molecule has 0 aliphatic rings. The van der Waals surface area contributed by atoms with Gasteiger partial charge in [0, 0.05) is 23.4 Å². The number of para-hydroxylation sites is 1. The number of benzene rings is 2. The molecule has 0 bridgehead atoms. The number of carbonyl (C=O) groups excluding carboxylic acids is 1. The Kier molecular flexibility index (Phi) is 6.32. The first kappa shape index (κ1) is 18.2. The van der Waals surface area contributed by atoms with Crippen LogP contribution in [0.25, 0.3) is 0 Å². The lowest BCUT2D eigenvalue weighted by Gasteiger charge is -2.13. The number of hydrogen-bond acceptors (Lipinski definition) is 5. The number of amides is 1. The molecule has 0 saturated carbocycles. The highest BCUT2D eigenvalue weighted by Gasteiger charge is 2.12. The minimum absolute atomic E-state index is 0.0336. The number of thiocarbonyl (C=S) groups is 2. The van der Waals surface area contributed by atoms with Gasteiger partial charge in [0.1, 0.15) is 0 Å². The Labute approximate surface area is 153 Å². The molecule has 0 aliphatic carbocycles.